The largest absolute Gasteiger partial charge is 0.477 e. The van der Waals surface area contributed by atoms with Gasteiger partial charge in [-0.3, -0.25) is 14.9 Å². The third kappa shape index (κ3) is 5.04. The Hall–Kier alpha value is -2.64. The highest BCUT2D eigenvalue weighted by Gasteiger charge is 2.19. The minimum Gasteiger partial charge on any atom is -0.477 e. The van der Waals surface area contributed by atoms with Crippen molar-refractivity contribution in [1.29, 1.82) is 0 Å². The number of amides is 1. The van der Waals surface area contributed by atoms with E-state index in [2.05, 4.69) is 10.1 Å². The molecule has 0 spiro atoms. The van der Waals surface area contributed by atoms with Gasteiger partial charge in [0, 0.05) is 12.6 Å². The molecule has 120 valence electrons. The summed E-state index contributed by atoms with van der Waals surface area (Å²) in [5, 5.41) is 13.6. The number of rotatable bonds is 8. The minimum atomic E-state index is -0.688. The van der Waals surface area contributed by atoms with E-state index < -0.39 is 16.6 Å². The second-order valence-electron chi connectivity index (χ2n) is 4.42. The summed E-state index contributed by atoms with van der Waals surface area (Å²) >= 11 is 0. The Bertz CT molecular complexity index is 558. The van der Waals surface area contributed by atoms with Gasteiger partial charge < -0.3 is 14.8 Å². The summed E-state index contributed by atoms with van der Waals surface area (Å²) < 4.78 is 9.65. The smallest absolute Gasteiger partial charge is 0.338 e. The Morgan fingerprint density at radius 2 is 2.09 bits per heavy atom. The number of benzene rings is 1. The van der Waals surface area contributed by atoms with Gasteiger partial charge >= 0.3 is 11.7 Å². The first kappa shape index (κ1) is 17.4. The fourth-order valence-electron chi connectivity index (χ4n) is 1.63. The van der Waals surface area contributed by atoms with Crippen LogP contribution in [0.25, 0.3) is 0 Å². The first-order valence-corrected chi connectivity index (χ1v) is 6.75. The van der Waals surface area contributed by atoms with E-state index in [0.29, 0.717) is 6.54 Å². The van der Waals surface area contributed by atoms with Crippen LogP contribution >= 0.6 is 0 Å². The lowest BCUT2D eigenvalue weighted by molar-refractivity contribution is -0.385. The molecule has 0 saturated carbocycles. The highest BCUT2D eigenvalue weighted by molar-refractivity contribution is 5.90. The molecule has 0 aliphatic rings. The van der Waals surface area contributed by atoms with Crippen LogP contribution in [0.15, 0.2) is 18.2 Å². The van der Waals surface area contributed by atoms with Crippen molar-refractivity contribution in [2.75, 3.05) is 20.3 Å². The zero-order valence-electron chi connectivity index (χ0n) is 12.5. The fraction of sp³-hybridized carbons (Fsp3) is 0.429. The van der Waals surface area contributed by atoms with Gasteiger partial charge in [-0.2, -0.15) is 0 Å². The highest BCUT2D eigenvalue weighted by Crippen LogP contribution is 2.28. The van der Waals surface area contributed by atoms with Gasteiger partial charge in [-0.1, -0.05) is 13.3 Å². The molecule has 0 fully saturated rings. The second kappa shape index (κ2) is 8.60. The first-order valence-electron chi connectivity index (χ1n) is 6.75. The van der Waals surface area contributed by atoms with Gasteiger partial charge in [0.05, 0.1) is 17.6 Å². The van der Waals surface area contributed by atoms with E-state index >= 15 is 0 Å². The predicted molar refractivity (Wildman–Crippen MR) is 77.8 cm³/mol. The number of methoxy groups -OCH3 is 1. The summed E-state index contributed by atoms with van der Waals surface area (Å²) in [5.74, 6) is -1.13. The van der Waals surface area contributed by atoms with Crippen molar-refractivity contribution in [1.82, 2.24) is 5.32 Å². The first-order chi connectivity index (χ1) is 10.5. The third-order valence-corrected chi connectivity index (χ3v) is 2.79. The van der Waals surface area contributed by atoms with Gasteiger partial charge in [-0.25, -0.2) is 4.79 Å². The number of hydrogen-bond acceptors (Lipinski definition) is 6. The number of unbranched alkanes of at least 4 members (excludes halogenated alkanes) is 1. The van der Waals surface area contributed by atoms with Crippen molar-refractivity contribution in [3.05, 3.63) is 33.9 Å². The molecule has 1 amide bonds. The Labute approximate surface area is 127 Å². The summed E-state index contributed by atoms with van der Waals surface area (Å²) in [5.41, 5.74) is -0.363. The minimum absolute atomic E-state index is 0.0361. The lowest BCUT2D eigenvalue weighted by atomic mass is 10.2. The van der Waals surface area contributed by atoms with Crippen LogP contribution in [0.3, 0.4) is 0 Å². The molecule has 0 atom stereocenters. The maximum absolute atomic E-state index is 11.5. The molecule has 0 aromatic heterocycles. The summed E-state index contributed by atoms with van der Waals surface area (Å²) in [4.78, 5) is 33.2. The van der Waals surface area contributed by atoms with E-state index in [1.165, 1.54) is 19.2 Å². The SMILES string of the molecule is CCCCNC(=O)COc1ccc(C(=O)OC)cc1[N+](=O)[O-]. The molecule has 0 bridgehead atoms. The topological polar surface area (TPSA) is 108 Å². The molecular weight excluding hydrogens is 292 g/mol. The molecule has 0 radical (unpaired) electrons. The Balaban J connectivity index is 2.75. The van der Waals surface area contributed by atoms with Crippen molar-refractivity contribution in [3.63, 3.8) is 0 Å². The van der Waals surface area contributed by atoms with Gasteiger partial charge in [0.25, 0.3) is 5.91 Å². The van der Waals surface area contributed by atoms with Crippen LogP contribution in [0.1, 0.15) is 30.1 Å². The number of nitrogens with one attached hydrogen (secondary N) is 1. The normalized spacial score (nSPS) is 9.91. The standard InChI is InChI=1S/C14H18N2O6/c1-3-4-7-15-13(17)9-22-12-6-5-10(14(18)21-2)8-11(12)16(19)20/h5-6,8H,3-4,7,9H2,1-2H3,(H,15,17). The lowest BCUT2D eigenvalue weighted by Crippen LogP contribution is -2.29. The molecule has 1 aromatic carbocycles. The summed E-state index contributed by atoms with van der Waals surface area (Å²) in [6.45, 7) is 2.19. The average Bonchev–Trinajstić information content (AvgIpc) is 2.52. The van der Waals surface area contributed by atoms with E-state index in [1.807, 2.05) is 6.92 Å². The maximum atomic E-state index is 11.5. The third-order valence-electron chi connectivity index (χ3n) is 2.79. The van der Waals surface area contributed by atoms with Crippen molar-refractivity contribution in [3.8, 4) is 5.75 Å². The number of nitro groups is 1. The summed E-state index contributed by atoms with van der Waals surface area (Å²) in [6.07, 6.45) is 1.79. The Morgan fingerprint density at radius 3 is 2.68 bits per heavy atom. The van der Waals surface area contributed by atoms with E-state index in [0.717, 1.165) is 18.9 Å². The lowest BCUT2D eigenvalue weighted by Gasteiger charge is -2.08. The van der Waals surface area contributed by atoms with Gasteiger partial charge in [0.1, 0.15) is 0 Å². The van der Waals surface area contributed by atoms with Crippen molar-refractivity contribution < 1.29 is 24.0 Å². The van der Waals surface area contributed by atoms with Crippen LogP contribution in [-0.4, -0.2) is 37.1 Å². The fourth-order valence-corrected chi connectivity index (χ4v) is 1.63. The van der Waals surface area contributed by atoms with E-state index in [-0.39, 0.29) is 23.8 Å². The molecule has 1 N–H and O–H groups in total. The Morgan fingerprint density at radius 1 is 1.36 bits per heavy atom. The molecule has 8 heteroatoms. The van der Waals surface area contributed by atoms with E-state index in [4.69, 9.17) is 4.74 Å². The zero-order chi connectivity index (χ0) is 16.5. The van der Waals surface area contributed by atoms with Crippen LogP contribution in [-0.2, 0) is 9.53 Å². The highest BCUT2D eigenvalue weighted by atomic mass is 16.6. The van der Waals surface area contributed by atoms with Gasteiger partial charge in [0.15, 0.2) is 12.4 Å². The monoisotopic (exact) mass is 310 g/mol. The molecule has 0 aliphatic carbocycles. The van der Waals surface area contributed by atoms with Crippen LogP contribution in [0.4, 0.5) is 5.69 Å². The molecule has 22 heavy (non-hydrogen) atoms. The van der Waals surface area contributed by atoms with Crippen molar-refractivity contribution in [2.45, 2.75) is 19.8 Å². The number of carbonyl (C=O) groups is 2. The van der Waals surface area contributed by atoms with Crippen molar-refractivity contribution in [2.24, 2.45) is 0 Å². The molecule has 8 nitrogen and oxygen atoms in total. The number of ether oxygens (including phenoxy) is 2. The van der Waals surface area contributed by atoms with Crippen LogP contribution < -0.4 is 10.1 Å². The number of esters is 1. The number of nitrogens with zero attached hydrogens (tertiary/aromatic N) is 1. The van der Waals surface area contributed by atoms with E-state index in [9.17, 15) is 19.7 Å². The number of nitro benzene ring substituents is 1. The van der Waals surface area contributed by atoms with Crippen molar-refractivity contribution >= 4 is 17.6 Å². The van der Waals surface area contributed by atoms with E-state index in [1.54, 1.807) is 0 Å². The number of carbonyl (C=O) groups excluding carboxylic acids is 2. The second-order valence-corrected chi connectivity index (χ2v) is 4.42. The van der Waals surface area contributed by atoms with Crippen LogP contribution in [0.2, 0.25) is 0 Å². The van der Waals surface area contributed by atoms with Gasteiger partial charge in [0.2, 0.25) is 0 Å². The summed E-state index contributed by atoms with van der Waals surface area (Å²) in [7, 11) is 1.18. The molecule has 1 aromatic rings. The molecule has 0 aliphatic heterocycles. The Kier molecular flexibility index (Phi) is 6.81. The maximum Gasteiger partial charge on any atom is 0.338 e. The molecule has 0 unspecified atom stereocenters. The quantitative estimate of drug-likeness (QED) is 0.339. The average molecular weight is 310 g/mol. The molecule has 1 rings (SSSR count). The van der Waals surface area contributed by atoms with Gasteiger partial charge in [-0.15, -0.1) is 0 Å². The molecular formula is C14H18N2O6. The predicted octanol–water partition coefficient (Wildman–Crippen LogP) is 1.68. The molecule has 0 heterocycles. The van der Waals surface area contributed by atoms with Crippen LogP contribution in [0, 0.1) is 10.1 Å². The molecule has 0 saturated heterocycles. The number of hydrogen-bond donors (Lipinski definition) is 1. The summed E-state index contributed by atoms with van der Waals surface area (Å²) in [6, 6.07) is 3.66. The van der Waals surface area contributed by atoms with Gasteiger partial charge in [-0.05, 0) is 18.6 Å². The zero-order valence-corrected chi connectivity index (χ0v) is 12.5. The van der Waals surface area contributed by atoms with Crippen LogP contribution in [0.5, 0.6) is 5.75 Å².